The second kappa shape index (κ2) is 10.2. The van der Waals surface area contributed by atoms with Gasteiger partial charge >= 0.3 is 6.01 Å². The zero-order valence-corrected chi connectivity index (χ0v) is 24.4. The number of hydrogen-bond donors (Lipinski definition) is 2. The Morgan fingerprint density at radius 3 is 2.62 bits per heavy atom. The third-order valence-corrected chi connectivity index (χ3v) is 9.11. The number of fused-ring (bicyclic) bond motifs is 4. The van der Waals surface area contributed by atoms with Gasteiger partial charge in [-0.15, -0.1) is 6.42 Å². The topological polar surface area (TPSA) is 86.6 Å². The normalized spacial score (nSPS) is 20.8. The standard InChI is InChI=1S/C32H32ClFN6O2/c1-4-22-25(34)8-5-18-11-21(41)12-23(26(18)22)24-13-35-29-28(27(24)33)37-31(42-17-32(9-10-32)16-39(2)3)38-30(29)40-14-19-6-7-20(15-40)36-19/h1,5,8,11-13,19-20,36,41H,6-7,9-10,14-17H2,2-3H3. The number of phenols is 1. The van der Waals surface area contributed by atoms with Gasteiger partial charge < -0.3 is 25.0 Å². The fourth-order valence-electron chi connectivity index (χ4n) is 6.64. The maximum absolute atomic E-state index is 14.8. The molecule has 0 spiro atoms. The van der Waals surface area contributed by atoms with Crippen LogP contribution in [0.3, 0.4) is 0 Å². The van der Waals surface area contributed by atoms with Crippen molar-refractivity contribution in [2.24, 2.45) is 5.41 Å². The van der Waals surface area contributed by atoms with Gasteiger partial charge in [0.05, 0.1) is 17.2 Å². The molecular formula is C32H32ClFN6O2. The van der Waals surface area contributed by atoms with E-state index in [1.807, 2.05) is 0 Å². The van der Waals surface area contributed by atoms with Crippen LogP contribution < -0.4 is 15.0 Å². The summed E-state index contributed by atoms with van der Waals surface area (Å²) < 4.78 is 21.1. The minimum Gasteiger partial charge on any atom is -0.508 e. The molecule has 0 radical (unpaired) electrons. The molecule has 2 aromatic carbocycles. The van der Waals surface area contributed by atoms with Crippen LogP contribution in [0.1, 0.15) is 31.2 Å². The number of piperazine rings is 1. The van der Waals surface area contributed by atoms with E-state index >= 15 is 0 Å². The molecule has 1 aliphatic carbocycles. The van der Waals surface area contributed by atoms with Crippen molar-refractivity contribution in [3.05, 3.63) is 46.9 Å². The Kier molecular flexibility index (Phi) is 6.61. The number of halogens is 2. The van der Waals surface area contributed by atoms with E-state index < -0.39 is 5.82 Å². The quantitative estimate of drug-likeness (QED) is 0.293. The van der Waals surface area contributed by atoms with Crippen LogP contribution in [0.5, 0.6) is 11.8 Å². The van der Waals surface area contributed by atoms with Gasteiger partial charge in [-0.05, 0) is 68.9 Å². The van der Waals surface area contributed by atoms with Crippen molar-refractivity contribution < 1.29 is 14.2 Å². The molecule has 2 atom stereocenters. The van der Waals surface area contributed by atoms with Crippen LogP contribution in [0, 0.1) is 23.6 Å². The maximum atomic E-state index is 14.8. The molecule has 42 heavy (non-hydrogen) atoms. The van der Waals surface area contributed by atoms with Crippen LogP contribution in [0.25, 0.3) is 32.9 Å². The van der Waals surface area contributed by atoms with Gasteiger partial charge in [0, 0.05) is 54.3 Å². The number of nitrogens with one attached hydrogen (secondary N) is 1. The molecule has 7 rings (SSSR count). The summed E-state index contributed by atoms with van der Waals surface area (Å²) in [5.74, 6) is 2.64. The van der Waals surface area contributed by atoms with E-state index in [1.54, 1.807) is 18.3 Å². The molecule has 216 valence electrons. The second-order valence-electron chi connectivity index (χ2n) is 12.2. The first-order valence-electron chi connectivity index (χ1n) is 14.3. The average molecular weight is 587 g/mol. The van der Waals surface area contributed by atoms with Crippen molar-refractivity contribution >= 4 is 39.2 Å². The summed E-state index contributed by atoms with van der Waals surface area (Å²) in [7, 11) is 4.14. The van der Waals surface area contributed by atoms with E-state index in [4.69, 9.17) is 37.7 Å². The second-order valence-corrected chi connectivity index (χ2v) is 12.6. The van der Waals surface area contributed by atoms with Crippen LogP contribution in [0.4, 0.5) is 10.2 Å². The van der Waals surface area contributed by atoms with Gasteiger partial charge in [0.25, 0.3) is 0 Å². The average Bonchev–Trinajstić information content (AvgIpc) is 3.64. The van der Waals surface area contributed by atoms with E-state index in [-0.39, 0.29) is 22.7 Å². The van der Waals surface area contributed by atoms with Crippen LogP contribution in [0.2, 0.25) is 5.02 Å². The molecule has 2 saturated heterocycles. The van der Waals surface area contributed by atoms with E-state index in [2.05, 4.69) is 35.1 Å². The summed E-state index contributed by atoms with van der Waals surface area (Å²) in [6, 6.07) is 7.00. The number of hydrogen-bond acceptors (Lipinski definition) is 8. The molecule has 4 aromatic rings. The van der Waals surface area contributed by atoms with E-state index in [0.717, 1.165) is 45.3 Å². The largest absolute Gasteiger partial charge is 0.508 e. The van der Waals surface area contributed by atoms with Crippen molar-refractivity contribution in [3.8, 4) is 35.2 Å². The molecule has 2 N–H and O–H groups in total. The van der Waals surface area contributed by atoms with Crippen molar-refractivity contribution in [1.29, 1.82) is 0 Å². The number of benzene rings is 2. The highest BCUT2D eigenvalue weighted by atomic mass is 35.5. The van der Waals surface area contributed by atoms with Gasteiger partial charge in [-0.1, -0.05) is 23.6 Å². The number of terminal acetylenes is 1. The van der Waals surface area contributed by atoms with Crippen molar-refractivity contribution in [2.45, 2.75) is 37.8 Å². The predicted molar refractivity (Wildman–Crippen MR) is 163 cm³/mol. The molecule has 3 fully saturated rings. The number of anilines is 1. The summed E-state index contributed by atoms with van der Waals surface area (Å²) in [5, 5.41) is 15.6. The number of ether oxygens (including phenoxy) is 1. The van der Waals surface area contributed by atoms with Crippen molar-refractivity contribution in [1.82, 2.24) is 25.2 Å². The summed E-state index contributed by atoms with van der Waals surface area (Å²) in [6.07, 6.45) is 11.8. The zero-order chi connectivity index (χ0) is 29.2. The number of pyridine rings is 1. The van der Waals surface area contributed by atoms with Gasteiger partial charge in [-0.2, -0.15) is 9.97 Å². The fourth-order valence-corrected chi connectivity index (χ4v) is 6.93. The SMILES string of the molecule is C#Cc1c(F)ccc2cc(O)cc(-c3cnc4c(N5CC6CCC(C5)N6)nc(OCC5(CN(C)C)CC5)nc4c3Cl)c12. The van der Waals surface area contributed by atoms with Gasteiger partial charge in [0.15, 0.2) is 5.82 Å². The molecule has 1 saturated carbocycles. The van der Waals surface area contributed by atoms with Crippen molar-refractivity contribution in [3.63, 3.8) is 0 Å². The number of phenolic OH excluding ortho intramolecular Hbond substituents is 1. The molecule has 3 aliphatic rings. The molecular weight excluding hydrogens is 555 g/mol. The Morgan fingerprint density at radius 1 is 1.17 bits per heavy atom. The lowest BCUT2D eigenvalue weighted by Crippen LogP contribution is -2.51. The van der Waals surface area contributed by atoms with Crippen molar-refractivity contribution in [2.75, 3.05) is 45.2 Å². The Balaban J connectivity index is 1.38. The Hall–Kier alpha value is -3.71. The minimum absolute atomic E-state index is 0.00237. The summed E-state index contributed by atoms with van der Waals surface area (Å²) in [5.41, 5.74) is 2.15. The van der Waals surface area contributed by atoms with Gasteiger partial charge in [0.1, 0.15) is 22.6 Å². The molecule has 2 aliphatic heterocycles. The number of rotatable bonds is 7. The molecule has 0 amide bonds. The fraction of sp³-hybridized carbons (Fsp3) is 0.406. The third-order valence-electron chi connectivity index (χ3n) is 8.73. The zero-order valence-electron chi connectivity index (χ0n) is 23.6. The summed E-state index contributed by atoms with van der Waals surface area (Å²) >= 11 is 7.14. The number of aromatic nitrogens is 3. The summed E-state index contributed by atoms with van der Waals surface area (Å²) in [4.78, 5) is 18.9. The van der Waals surface area contributed by atoms with E-state index in [0.29, 0.717) is 62.5 Å². The summed E-state index contributed by atoms with van der Waals surface area (Å²) in [6.45, 7) is 3.04. The smallest absolute Gasteiger partial charge is 0.319 e. The first-order valence-corrected chi connectivity index (χ1v) is 14.7. The highest BCUT2D eigenvalue weighted by molar-refractivity contribution is 6.38. The van der Waals surface area contributed by atoms with Crippen LogP contribution >= 0.6 is 11.6 Å². The molecule has 2 aromatic heterocycles. The van der Waals surface area contributed by atoms with Gasteiger partial charge in [-0.25, -0.2) is 9.37 Å². The molecule has 2 unspecified atom stereocenters. The third kappa shape index (κ3) is 4.77. The highest BCUT2D eigenvalue weighted by Crippen LogP contribution is 2.47. The lowest BCUT2D eigenvalue weighted by atomic mass is 9.94. The Labute approximate surface area is 248 Å². The van der Waals surface area contributed by atoms with Crippen LogP contribution in [-0.4, -0.2) is 77.4 Å². The number of aromatic hydroxyl groups is 1. The Bertz CT molecular complexity index is 1760. The van der Waals surface area contributed by atoms with Crippen LogP contribution in [0.15, 0.2) is 30.5 Å². The molecule has 2 bridgehead atoms. The lowest BCUT2D eigenvalue weighted by Gasteiger charge is -2.34. The monoisotopic (exact) mass is 586 g/mol. The molecule has 10 heteroatoms. The number of nitrogens with zero attached hydrogens (tertiary/aromatic N) is 5. The molecule has 8 nitrogen and oxygen atoms in total. The lowest BCUT2D eigenvalue weighted by molar-refractivity contribution is 0.183. The minimum atomic E-state index is -0.526. The van der Waals surface area contributed by atoms with E-state index in [9.17, 15) is 9.50 Å². The first kappa shape index (κ1) is 27.1. The van der Waals surface area contributed by atoms with Gasteiger partial charge in [0.2, 0.25) is 0 Å². The van der Waals surface area contributed by atoms with Crippen LogP contribution in [-0.2, 0) is 0 Å². The van der Waals surface area contributed by atoms with E-state index in [1.165, 1.54) is 12.1 Å². The Morgan fingerprint density at radius 2 is 1.93 bits per heavy atom. The van der Waals surface area contributed by atoms with Gasteiger partial charge in [-0.3, -0.25) is 0 Å². The maximum Gasteiger partial charge on any atom is 0.319 e. The first-order chi connectivity index (χ1) is 20.2. The molecule has 4 heterocycles. The highest BCUT2D eigenvalue weighted by Gasteiger charge is 2.44. The predicted octanol–water partition coefficient (Wildman–Crippen LogP) is 4.99.